The second-order valence-electron chi connectivity index (χ2n) is 6.40. The first-order valence-corrected chi connectivity index (χ1v) is 8.84. The molecule has 3 rings (SSSR count). The number of hydrogen-bond donors (Lipinski definition) is 0. The highest BCUT2D eigenvalue weighted by molar-refractivity contribution is 6.10. The smallest absolute Gasteiger partial charge is 0.317 e. The van der Waals surface area contributed by atoms with Crippen LogP contribution in [0.2, 0.25) is 0 Å². The van der Waals surface area contributed by atoms with Gasteiger partial charge in [0.25, 0.3) is 0 Å². The number of allylic oxidation sites excluding steroid dienone is 2. The summed E-state index contributed by atoms with van der Waals surface area (Å²) in [5.74, 6) is -1.82. The molecule has 2 atom stereocenters. The first-order chi connectivity index (χ1) is 13.0. The van der Waals surface area contributed by atoms with Crippen LogP contribution in [0.4, 0.5) is 4.39 Å². The molecule has 0 aliphatic heterocycles. The van der Waals surface area contributed by atoms with E-state index in [-0.39, 0.29) is 24.1 Å². The van der Waals surface area contributed by atoms with Gasteiger partial charge in [-0.15, -0.1) is 0 Å². The Balaban J connectivity index is 2.01. The molecule has 5 heteroatoms. The van der Waals surface area contributed by atoms with Crippen LogP contribution in [0.3, 0.4) is 0 Å². The second-order valence-corrected chi connectivity index (χ2v) is 6.40. The molecule has 27 heavy (non-hydrogen) atoms. The Hall–Kier alpha value is -2.95. The van der Waals surface area contributed by atoms with Crippen molar-refractivity contribution in [2.45, 2.75) is 19.3 Å². The summed E-state index contributed by atoms with van der Waals surface area (Å²) < 4.78 is 23.9. The van der Waals surface area contributed by atoms with E-state index in [1.54, 1.807) is 38.3 Å². The van der Waals surface area contributed by atoms with Crippen LogP contribution in [0.15, 0.2) is 54.6 Å². The summed E-state index contributed by atoms with van der Waals surface area (Å²) >= 11 is 0. The molecule has 4 nitrogen and oxygen atoms in total. The van der Waals surface area contributed by atoms with Gasteiger partial charge in [-0.25, -0.2) is 4.39 Å². The molecular weight excluding hydrogens is 347 g/mol. The number of hydrogen-bond acceptors (Lipinski definition) is 4. The van der Waals surface area contributed by atoms with E-state index < -0.39 is 11.9 Å². The highest BCUT2D eigenvalue weighted by Crippen LogP contribution is 2.40. The molecule has 0 saturated heterocycles. The Kier molecular flexibility index (Phi) is 5.69. The summed E-state index contributed by atoms with van der Waals surface area (Å²) in [6.45, 7) is 1.92. The zero-order chi connectivity index (χ0) is 19.4. The Morgan fingerprint density at radius 1 is 1.19 bits per heavy atom. The van der Waals surface area contributed by atoms with Crippen molar-refractivity contribution >= 4 is 17.3 Å². The lowest BCUT2D eigenvalue weighted by Crippen LogP contribution is -2.34. The Bertz CT molecular complexity index is 870. The van der Waals surface area contributed by atoms with Crippen molar-refractivity contribution in [3.63, 3.8) is 0 Å². The van der Waals surface area contributed by atoms with Crippen molar-refractivity contribution in [2.75, 3.05) is 13.7 Å². The quantitative estimate of drug-likeness (QED) is 0.588. The number of halogens is 1. The minimum Gasteiger partial charge on any atom is -0.497 e. The van der Waals surface area contributed by atoms with Gasteiger partial charge in [-0.05, 0) is 60.4 Å². The van der Waals surface area contributed by atoms with Gasteiger partial charge in [-0.2, -0.15) is 0 Å². The monoisotopic (exact) mass is 368 g/mol. The Morgan fingerprint density at radius 2 is 1.93 bits per heavy atom. The van der Waals surface area contributed by atoms with Crippen molar-refractivity contribution in [1.82, 2.24) is 0 Å². The van der Waals surface area contributed by atoms with Gasteiger partial charge in [-0.3, -0.25) is 9.59 Å². The minimum absolute atomic E-state index is 0.207. The summed E-state index contributed by atoms with van der Waals surface area (Å²) in [7, 11) is 1.57. The summed E-state index contributed by atoms with van der Waals surface area (Å²) in [5, 5.41) is 0. The Labute approximate surface area is 157 Å². The molecule has 0 fully saturated rings. The largest absolute Gasteiger partial charge is 0.497 e. The van der Waals surface area contributed by atoms with Gasteiger partial charge in [-0.1, -0.05) is 24.3 Å². The zero-order valence-corrected chi connectivity index (χ0v) is 15.3. The molecule has 2 aromatic carbocycles. The molecule has 0 unspecified atom stereocenters. The summed E-state index contributed by atoms with van der Waals surface area (Å²) in [4.78, 5) is 25.2. The number of ketones is 1. The molecule has 140 valence electrons. The maximum atomic E-state index is 13.6. The van der Waals surface area contributed by atoms with E-state index in [0.717, 1.165) is 5.56 Å². The van der Waals surface area contributed by atoms with Crippen LogP contribution in [0.5, 0.6) is 5.75 Å². The van der Waals surface area contributed by atoms with Crippen LogP contribution in [-0.4, -0.2) is 25.5 Å². The first-order valence-electron chi connectivity index (χ1n) is 8.84. The number of rotatable bonds is 5. The molecule has 2 aromatic rings. The van der Waals surface area contributed by atoms with Crippen molar-refractivity contribution in [3.8, 4) is 5.75 Å². The number of ether oxygens (including phenoxy) is 2. The first kappa shape index (κ1) is 18.8. The summed E-state index contributed by atoms with van der Waals surface area (Å²) in [6.07, 6.45) is 1.88. The van der Waals surface area contributed by atoms with Gasteiger partial charge in [0.05, 0.1) is 13.7 Å². The van der Waals surface area contributed by atoms with E-state index in [9.17, 15) is 14.0 Å². The third kappa shape index (κ3) is 4.08. The van der Waals surface area contributed by atoms with E-state index in [0.29, 0.717) is 23.3 Å². The topological polar surface area (TPSA) is 52.6 Å². The lowest BCUT2D eigenvalue weighted by Gasteiger charge is -2.29. The highest BCUT2D eigenvalue weighted by atomic mass is 19.1. The van der Waals surface area contributed by atoms with Crippen molar-refractivity contribution < 1.29 is 23.5 Å². The molecule has 0 radical (unpaired) electrons. The minimum atomic E-state index is -0.907. The zero-order valence-electron chi connectivity index (χ0n) is 15.3. The number of carbonyl (C=O) groups is 2. The van der Waals surface area contributed by atoms with Gasteiger partial charge in [0.15, 0.2) is 5.78 Å². The van der Waals surface area contributed by atoms with Crippen LogP contribution in [0.25, 0.3) is 5.57 Å². The van der Waals surface area contributed by atoms with E-state index in [4.69, 9.17) is 9.47 Å². The predicted molar refractivity (Wildman–Crippen MR) is 99.9 cm³/mol. The van der Waals surface area contributed by atoms with Gasteiger partial charge in [0.2, 0.25) is 0 Å². The van der Waals surface area contributed by atoms with Crippen molar-refractivity contribution in [2.24, 2.45) is 5.92 Å². The molecular formula is C22H21FO4. The number of methoxy groups -OCH3 is 1. The lowest BCUT2D eigenvalue weighted by molar-refractivity contribution is -0.151. The molecule has 0 N–H and O–H groups in total. The normalized spacial score (nSPS) is 19.4. The molecule has 0 bridgehead atoms. The van der Waals surface area contributed by atoms with Gasteiger partial charge < -0.3 is 9.47 Å². The van der Waals surface area contributed by atoms with Gasteiger partial charge in [0, 0.05) is 5.92 Å². The maximum Gasteiger partial charge on any atom is 0.317 e. The predicted octanol–water partition coefficient (Wildman–Crippen LogP) is 4.15. The standard InChI is InChI=1S/C22H21FO4/c1-3-27-22(25)21-19(14-7-9-18(26-2)10-8-14)12-16(13-20(21)24)15-5-4-6-17(23)11-15/h4-11,13,19,21H,3,12H2,1-2H3/t19-,21-/m0/s1. The van der Waals surface area contributed by atoms with Gasteiger partial charge in [0.1, 0.15) is 17.5 Å². The lowest BCUT2D eigenvalue weighted by atomic mass is 9.73. The van der Waals surface area contributed by atoms with Crippen molar-refractivity contribution in [3.05, 3.63) is 71.6 Å². The Morgan fingerprint density at radius 3 is 2.56 bits per heavy atom. The van der Waals surface area contributed by atoms with Crippen LogP contribution in [0.1, 0.15) is 30.4 Å². The van der Waals surface area contributed by atoms with Crippen LogP contribution >= 0.6 is 0 Å². The SMILES string of the molecule is CCOC(=O)[C@@H]1C(=O)C=C(c2cccc(F)c2)C[C@H]1c1ccc(OC)cc1. The molecule has 0 spiro atoms. The average Bonchev–Trinajstić information content (AvgIpc) is 2.67. The van der Waals surface area contributed by atoms with E-state index in [2.05, 4.69) is 0 Å². The fraction of sp³-hybridized carbons (Fsp3) is 0.273. The average molecular weight is 368 g/mol. The number of benzene rings is 2. The second kappa shape index (κ2) is 8.16. The van der Waals surface area contributed by atoms with E-state index in [1.165, 1.54) is 18.2 Å². The van der Waals surface area contributed by atoms with Gasteiger partial charge >= 0.3 is 5.97 Å². The molecule has 0 saturated carbocycles. The fourth-order valence-electron chi connectivity index (χ4n) is 3.44. The fourth-order valence-corrected chi connectivity index (χ4v) is 3.44. The van der Waals surface area contributed by atoms with E-state index in [1.807, 2.05) is 12.1 Å². The van der Waals surface area contributed by atoms with Crippen LogP contribution in [0, 0.1) is 11.7 Å². The van der Waals surface area contributed by atoms with Crippen LogP contribution in [-0.2, 0) is 14.3 Å². The van der Waals surface area contributed by atoms with Crippen molar-refractivity contribution in [1.29, 1.82) is 0 Å². The number of esters is 1. The highest BCUT2D eigenvalue weighted by Gasteiger charge is 2.39. The molecule has 0 amide bonds. The molecule has 0 heterocycles. The third-order valence-electron chi connectivity index (χ3n) is 4.75. The third-order valence-corrected chi connectivity index (χ3v) is 4.75. The van der Waals surface area contributed by atoms with E-state index >= 15 is 0 Å². The number of carbonyl (C=O) groups excluding carboxylic acids is 2. The summed E-state index contributed by atoms with van der Waals surface area (Å²) in [5.41, 5.74) is 2.19. The molecule has 1 aliphatic carbocycles. The maximum absolute atomic E-state index is 13.6. The molecule has 1 aliphatic rings. The van der Waals surface area contributed by atoms with Crippen LogP contribution < -0.4 is 4.74 Å². The molecule has 0 aromatic heterocycles. The summed E-state index contributed by atoms with van der Waals surface area (Å²) in [6, 6.07) is 13.4.